The average molecular weight is 417 g/mol. The lowest BCUT2D eigenvalue weighted by atomic mass is 10.0. The van der Waals surface area contributed by atoms with Crippen molar-refractivity contribution in [2.75, 3.05) is 19.6 Å². The molecule has 0 bridgehead atoms. The van der Waals surface area contributed by atoms with Crippen molar-refractivity contribution in [3.63, 3.8) is 0 Å². The summed E-state index contributed by atoms with van der Waals surface area (Å²) in [5.74, 6) is 0. The number of fused-ring (bicyclic) bond motifs is 2. The van der Waals surface area contributed by atoms with Crippen LogP contribution in [0.5, 0.6) is 0 Å². The zero-order chi connectivity index (χ0) is 21.0. The molecule has 0 atom stereocenters. The molecule has 3 aromatic rings. The number of hydrogen-bond donors (Lipinski definition) is 1. The summed E-state index contributed by atoms with van der Waals surface area (Å²) in [6, 6.07) is 12.7. The van der Waals surface area contributed by atoms with Crippen LogP contribution in [0.25, 0.3) is 10.9 Å². The first-order valence-electron chi connectivity index (χ1n) is 11.8. The van der Waals surface area contributed by atoms with Gasteiger partial charge in [0, 0.05) is 37.9 Å². The molecule has 1 N–H and O–H groups in total. The van der Waals surface area contributed by atoms with Gasteiger partial charge in [0.2, 0.25) is 0 Å². The Morgan fingerprint density at radius 1 is 0.903 bits per heavy atom. The molecule has 0 radical (unpaired) electrons. The molecule has 0 spiro atoms. The van der Waals surface area contributed by atoms with Crippen LogP contribution in [0.1, 0.15) is 48.1 Å². The minimum absolute atomic E-state index is 0.149. The summed E-state index contributed by atoms with van der Waals surface area (Å²) >= 11 is 0. The molecular weight excluding hydrogens is 384 g/mol. The van der Waals surface area contributed by atoms with Crippen LogP contribution in [0.3, 0.4) is 0 Å². The molecule has 2 aliphatic rings. The Morgan fingerprint density at radius 3 is 2.55 bits per heavy atom. The van der Waals surface area contributed by atoms with Crippen LogP contribution in [0.2, 0.25) is 0 Å². The molecule has 5 nitrogen and oxygen atoms in total. The molecule has 1 saturated heterocycles. The molecular formula is C26H32N4O. The highest BCUT2D eigenvalue weighted by molar-refractivity contribution is 5.82. The van der Waals surface area contributed by atoms with Crippen molar-refractivity contribution in [1.82, 2.24) is 19.8 Å². The Hall–Kier alpha value is -2.50. The second-order valence-corrected chi connectivity index (χ2v) is 8.99. The SMILES string of the molecule is O=c1c(CNCc2ccccn2)cc2cc3c(cc2n1CCN1CCCCC1)CCC3. The van der Waals surface area contributed by atoms with Crippen LogP contribution >= 0.6 is 0 Å². The molecule has 31 heavy (non-hydrogen) atoms. The molecule has 1 aliphatic heterocycles. The average Bonchev–Trinajstić information content (AvgIpc) is 3.26. The molecule has 162 valence electrons. The number of benzene rings is 1. The first kappa shape index (κ1) is 20.4. The van der Waals surface area contributed by atoms with Gasteiger partial charge in [-0.2, -0.15) is 0 Å². The van der Waals surface area contributed by atoms with Crippen molar-refractivity contribution in [3.05, 3.63) is 75.3 Å². The predicted octanol–water partition coefficient (Wildman–Crippen LogP) is 3.66. The van der Waals surface area contributed by atoms with E-state index in [1.54, 1.807) is 6.20 Å². The molecule has 2 aromatic heterocycles. The largest absolute Gasteiger partial charge is 0.307 e. The van der Waals surface area contributed by atoms with Gasteiger partial charge in [-0.1, -0.05) is 12.5 Å². The Labute approximate surface area is 184 Å². The van der Waals surface area contributed by atoms with E-state index in [0.717, 1.165) is 55.8 Å². The Kier molecular flexibility index (Phi) is 6.14. The van der Waals surface area contributed by atoms with Gasteiger partial charge in [0.05, 0.1) is 11.2 Å². The summed E-state index contributed by atoms with van der Waals surface area (Å²) in [5.41, 5.74) is 5.99. The van der Waals surface area contributed by atoms with Crippen molar-refractivity contribution >= 4 is 10.9 Å². The van der Waals surface area contributed by atoms with Crippen LogP contribution in [0.4, 0.5) is 0 Å². The zero-order valence-corrected chi connectivity index (χ0v) is 18.3. The minimum atomic E-state index is 0.149. The zero-order valence-electron chi connectivity index (χ0n) is 18.3. The summed E-state index contributed by atoms with van der Waals surface area (Å²) in [7, 11) is 0. The monoisotopic (exact) mass is 416 g/mol. The van der Waals surface area contributed by atoms with Gasteiger partial charge in [-0.25, -0.2) is 0 Å². The van der Waals surface area contributed by atoms with Gasteiger partial charge in [-0.05, 0) is 92.0 Å². The highest BCUT2D eigenvalue weighted by Gasteiger charge is 2.17. The van der Waals surface area contributed by atoms with E-state index in [2.05, 4.69) is 33.4 Å². The topological polar surface area (TPSA) is 50.2 Å². The van der Waals surface area contributed by atoms with E-state index in [1.807, 2.05) is 22.8 Å². The van der Waals surface area contributed by atoms with Crippen molar-refractivity contribution in [2.45, 2.75) is 58.2 Å². The van der Waals surface area contributed by atoms with E-state index in [9.17, 15) is 4.79 Å². The fourth-order valence-corrected chi connectivity index (χ4v) is 5.11. The Balaban J connectivity index is 1.43. The van der Waals surface area contributed by atoms with Gasteiger partial charge in [0.1, 0.15) is 0 Å². The lowest BCUT2D eigenvalue weighted by Gasteiger charge is -2.27. The number of likely N-dealkylation sites (tertiary alicyclic amines) is 1. The first-order chi connectivity index (χ1) is 15.3. The van der Waals surface area contributed by atoms with Crippen LogP contribution in [0, 0.1) is 0 Å². The number of nitrogens with one attached hydrogen (secondary N) is 1. The number of hydrogen-bond acceptors (Lipinski definition) is 4. The van der Waals surface area contributed by atoms with Crippen molar-refractivity contribution < 1.29 is 0 Å². The van der Waals surface area contributed by atoms with E-state index >= 15 is 0 Å². The Bertz CT molecular complexity index is 1100. The maximum Gasteiger partial charge on any atom is 0.255 e. The summed E-state index contributed by atoms with van der Waals surface area (Å²) in [5, 5.41) is 4.62. The quantitative estimate of drug-likeness (QED) is 0.639. The van der Waals surface area contributed by atoms with E-state index in [4.69, 9.17) is 0 Å². The lowest BCUT2D eigenvalue weighted by molar-refractivity contribution is 0.221. The Morgan fingerprint density at radius 2 is 1.74 bits per heavy atom. The molecule has 5 rings (SSSR count). The number of nitrogens with zero attached hydrogens (tertiary/aromatic N) is 3. The van der Waals surface area contributed by atoms with E-state index in [-0.39, 0.29) is 5.56 Å². The molecule has 1 aromatic carbocycles. The maximum absolute atomic E-state index is 13.5. The molecule has 0 amide bonds. The third kappa shape index (κ3) is 4.58. The van der Waals surface area contributed by atoms with Gasteiger partial charge in [-0.3, -0.25) is 9.78 Å². The third-order valence-electron chi connectivity index (χ3n) is 6.82. The lowest BCUT2D eigenvalue weighted by Crippen LogP contribution is -2.36. The van der Waals surface area contributed by atoms with Gasteiger partial charge < -0.3 is 14.8 Å². The number of aromatic nitrogens is 2. The van der Waals surface area contributed by atoms with Crippen LogP contribution in [0.15, 0.2) is 47.4 Å². The maximum atomic E-state index is 13.5. The second-order valence-electron chi connectivity index (χ2n) is 8.99. The second kappa shape index (κ2) is 9.33. The summed E-state index contributed by atoms with van der Waals surface area (Å²) in [4.78, 5) is 20.4. The minimum Gasteiger partial charge on any atom is -0.307 e. The molecule has 1 aliphatic carbocycles. The van der Waals surface area contributed by atoms with Crippen molar-refractivity contribution in [2.24, 2.45) is 0 Å². The standard InChI is InChI=1S/C26H32N4O/c31-26-23(18-27-19-24-9-2-3-10-28-24)16-22-15-20-7-6-8-21(20)17-25(22)30(26)14-13-29-11-4-1-5-12-29/h2-3,9-10,15-17,27H,1,4-8,11-14,18-19H2. The van der Waals surface area contributed by atoms with E-state index < -0.39 is 0 Å². The summed E-state index contributed by atoms with van der Waals surface area (Å²) in [6.07, 6.45) is 9.22. The van der Waals surface area contributed by atoms with Gasteiger partial charge >= 0.3 is 0 Å². The van der Waals surface area contributed by atoms with Crippen LogP contribution in [-0.2, 0) is 32.5 Å². The number of piperidine rings is 1. The number of pyridine rings is 2. The normalized spacial score (nSPS) is 16.6. The van der Waals surface area contributed by atoms with E-state index in [1.165, 1.54) is 42.2 Å². The van der Waals surface area contributed by atoms with Crippen molar-refractivity contribution in [1.29, 1.82) is 0 Å². The van der Waals surface area contributed by atoms with Crippen LogP contribution < -0.4 is 10.9 Å². The predicted molar refractivity (Wildman–Crippen MR) is 125 cm³/mol. The fourth-order valence-electron chi connectivity index (χ4n) is 5.11. The van der Waals surface area contributed by atoms with E-state index in [0.29, 0.717) is 13.1 Å². The fraction of sp³-hybridized carbons (Fsp3) is 0.462. The van der Waals surface area contributed by atoms with Gasteiger partial charge in [-0.15, -0.1) is 0 Å². The smallest absolute Gasteiger partial charge is 0.255 e. The van der Waals surface area contributed by atoms with Gasteiger partial charge in [0.25, 0.3) is 5.56 Å². The first-order valence-corrected chi connectivity index (χ1v) is 11.8. The molecule has 5 heteroatoms. The molecule has 1 fully saturated rings. The highest BCUT2D eigenvalue weighted by atomic mass is 16.1. The number of aryl methyl sites for hydroxylation is 2. The summed E-state index contributed by atoms with van der Waals surface area (Å²) in [6.45, 7) is 5.27. The molecule has 0 saturated carbocycles. The van der Waals surface area contributed by atoms with Gasteiger partial charge in [0.15, 0.2) is 0 Å². The third-order valence-corrected chi connectivity index (χ3v) is 6.82. The molecule has 3 heterocycles. The van der Waals surface area contributed by atoms with Crippen molar-refractivity contribution in [3.8, 4) is 0 Å². The molecule has 0 unspecified atom stereocenters. The summed E-state index contributed by atoms with van der Waals surface area (Å²) < 4.78 is 2.04. The number of rotatable bonds is 7. The van der Waals surface area contributed by atoms with Crippen LogP contribution in [-0.4, -0.2) is 34.1 Å². The highest BCUT2D eigenvalue weighted by Crippen LogP contribution is 2.27.